The normalized spacial score (nSPS) is 11.7. The number of nitrogens with zero attached hydrogens (tertiary/aromatic N) is 1. The fourth-order valence-corrected chi connectivity index (χ4v) is 7.88. The lowest BCUT2D eigenvalue weighted by atomic mass is 9.83. The first kappa shape index (κ1) is 25.0. The molecule has 1 aliphatic rings. The van der Waals surface area contributed by atoms with Crippen molar-refractivity contribution in [1.29, 1.82) is 0 Å². The molecule has 0 unspecified atom stereocenters. The highest BCUT2D eigenvalue weighted by Gasteiger charge is 2.25. The van der Waals surface area contributed by atoms with Crippen LogP contribution in [0.3, 0.4) is 0 Å². The van der Waals surface area contributed by atoms with Gasteiger partial charge in [0.15, 0.2) is 6.20 Å². The molecule has 1 aliphatic carbocycles. The van der Waals surface area contributed by atoms with Gasteiger partial charge in [-0.25, -0.2) is 4.57 Å². The number of fused-ring (bicyclic) bond motifs is 10. The standard InChI is InChI=1S/C40H30NS/c1-25-11-10-18-29(26(25)2)37-23-28(21-22-41(37)3)27-19-20-36-38(24-27)42-40-35-17-9-7-15-33(35)31-13-5-4-12-30(31)32-14-6-8-16-34(32)39(36)40/h4-24H,1-3H3/q+1. The Hall–Kier alpha value is -4.79. The average Bonchev–Trinajstić information content (AvgIpc) is 3.40. The molecule has 0 amide bonds. The Morgan fingerprint density at radius 3 is 1.81 bits per heavy atom. The molecule has 0 aliphatic heterocycles. The van der Waals surface area contributed by atoms with Gasteiger partial charge in [0.25, 0.3) is 0 Å². The second-order valence-electron chi connectivity index (χ2n) is 11.3. The molecule has 7 aromatic rings. The topological polar surface area (TPSA) is 3.88 Å². The van der Waals surface area contributed by atoms with Gasteiger partial charge in [-0.3, -0.25) is 0 Å². The maximum Gasteiger partial charge on any atom is 0.213 e. The van der Waals surface area contributed by atoms with Crippen LogP contribution in [0, 0.1) is 13.8 Å². The molecule has 8 rings (SSSR count). The smallest absolute Gasteiger partial charge is 0.201 e. The minimum Gasteiger partial charge on any atom is -0.201 e. The van der Waals surface area contributed by atoms with Crippen molar-refractivity contribution in [3.63, 3.8) is 0 Å². The highest BCUT2D eigenvalue weighted by Crippen LogP contribution is 2.53. The summed E-state index contributed by atoms with van der Waals surface area (Å²) in [4.78, 5) is 1.34. The van der Waals surface area contributed by atoms with Crippen molar-refractivity contribution in [3.05, 3.63) is 139 Å². The first-order valence-corrected chi connectivity index (χ1v) is 15.3. The molecule has 42 heavy (non-hydrogen) atoms. The van der Waals surface area contributed by atoms with E-state index in [1.165, 1.54) is 87.4 Å². The number of rotatable bonds is 2. The Morgan fingerprint density at radius 2 is 1.10 bits per heavy atom. The van der Waals surface area contributed by atoms with Crippen LogP contribution in [0.2, 0.25) is 0 Å². The lowest BCUT2D eigenvalue weighted by Crippen LogP contribution is -2.30. The minimum absolute atomic E-state index is 1.23. The lowest BCUT2D eigenvalue weighted by Gasteiger charge is -2.21. The van der Waals surface area contributed by atoms with Crippen molar-refractivity contribution in [2.24, 2.45) is 7.05 Å². The summed E-state index contributed by atoms with van der Waals surface area (Å²) in [6.07, 6.45) is 2.19. The Morgan fingerprint density at radius 1 is 0.524 bits per heavy atom. The Balaban J connectivity index is 1.36. The zero-order valence-corrected chi connectivity index (χ0v) is 24.8. The second kappa shape index (κ2) is 9.65. The predicted octanol–water partition coefficient (Wildman–Crippen LogP) is 10.7. The molecular weight excluding hydrogens is 527 g/mol. The molecule has 0 bridgehead atoms. The molecule has 1 nitrogen and oxygen atoms in total. The summed E-state index contributed by atoms with van der Waals surface area (Å²) in [5.41, 5.74) is 16.8. The third-order valence-corrected chi connectivity index (χ3v) is 10.1. The molecule has 5 aromatic carbocycles. The van der Waals surface area contributed by atoms with Crippen molar-refractivity contribution >= 4 is 21.4 Å². The molecule has 0 saturated carbocycles. The van der Waals surface area contributed by atoms with Gasteiger partial charge in [-0.1, -0.05) is 97.1 Å². The molecule has 0 spiro atoms. The molecule has 2 heteroatoms. The number of aromatic nitrogens is 1. The van der Waals surface area contributed by atoms with Crippen molar-refractivity contribution < 1.29 is 4.57 Å². The van der Waals surface area contributed by atoms with Crippen LogP contribution < -0.4 is 4.57 Å². The van der Waals surface area contributed by atoms with Gasteiger partial charge in [0, 0.05) is 43.8 Å². The maximum atomic E-state index is 2.39. The minimum atomic E-state index is 1.23. The van der Waals surface area contributed by atoms with E-state index in [2.05, 4.69) is 153 Å². The summed E-state index contributed by atoms with van der Waals surface area (Å²) < 4.78 is 3.54. The zero-order chi connectivity index (χ0) is 28.4. The number of benzene rings is 5. The maximum absolute atomic E-state index is 2.39. The molecular formula is C40H30NS+. The summed E-state index contributed by atoms with van der Waals surface area (Å²) in [6, 6.07) is 44.9. The largest absolute Gasteiger partial charge is 0.213 e. The van der Waals surface area contributed by atoms with Gasteiger partial charge in [-0.2, -0.15) is 0 Å². The van der Waals surface area contributed by atoms with Gasteiger partial charge in [-0.05, 0) is 76.1 Å². The highest BCUT2D eigenvalue weighted by molar-refractivity contribution is 7.23. The summed E-state index contributed by atoms with van der Waals surface area (Å²) in [7, 11) is 2.14. The van der Waals surface area contributed by atoms with Crippen LogP contribution >= 0.6 is 11.3 Å². The van der Waals surface area contributed by atoms with Crippen LogP contribution in [0.1, 0.15) is 11.1 Å². The third kappa shape index (κ3) is 3.79. The van der Waals surface area contributed by atoms with E-state index in [-0.39, 0.29) is 0 Å². The van der Waals surface area contributed by atoms with Crippen LogP contribution in [0.25, 0.3) is 76.3 Å². The van der Waals surface area contributed by atoms with Gasteiger partial charge in [0.1, 0.15) is 7.05 Å². The molecule has 0 fully saturated rings. The van der Waals surface area contributed by atoms with Gasteiger partial charge < -0.3 is 0 Å². The zero-order valence-electron chi connectivity index (χ0n) is 24.0. The Bertz CT molecular complexity index is 2180. The van der Waals surface area contributed by atoms with Crippen LogP contribution in [-0.4, -0.2) is 0 Å². The fraction of sp³-hybridized carbons (Fsp3) is 0.0750. The van der Waals surface area contributed by atoms with E-state index in [0.717, 1.165) is 0 Å². The second-order valence-corrected chi connectivity index (χ2v) is 12.4. The van der Waals surface area contributed by atoms with Gasteiger partial charge in [-0.15, -0.1) is 11.3 Å². The molecule has 200 valence electrons. The van der Waals surface area contributed by atoms with Crippen LogP contribution in [0.5, 0.6) is 0 Å². The van der Waals surface area contributed by atoms with E-state index < -0.39 is 0 Å². The van der Waals surface area contributed by atoms with E-state index >= 15 is 0 Å². The number of aryl methyl sites for hydroxylation is 2. The van der Waals surface area contributed by atoms with Gasteiger partial charge in [0.05, 0.1) is 0 Å². The molecule has 2 heterocycles. The van der Waals surface area contributed by atoms with Crippen molar-refractivity contribution in [3.8, 4) is 66.2 Å². The molecule has 0 radical (unpaired) electrons. The number of pyridine rings is 1. The van der Waals surface area contributed by atoms with Gasteiger partial charge in [0.2, 0.25) is 5.69 Å². The number of hydrogen-bond acceptors (Lipinski definition) is 1. The van der Waals surface area contributed by atoms with E-state index in [4.69, 9.17) is 0 Å². The van der Waals surface area contributed by atoms with Crippen LogP contribution in [-0.2, 0) is 7.05 Å². The van der Waals surface area contributed by atoms with Crippen molar-refractivity contribution in [2.75, 3.05) is 0 Å². The van der Waals surface area contributed by atoms with Gasteiger partial charge >= 0.3 is 0 Å². The van der Waals surface area contributed by atoms with E-state index in [1.54, 1.807) is 0 Å². The number of hydrogen-bond donors (Lipinski definition) is 0. The van der Waals surface area contributed by atoms with Crippen LogP contribution in [0.4, 0.5) is 0 Å². The quantitative estimate of drug-likeness (QED) is 0.186. The predicted molar refractivity (Wildman–Crippen MR) is 179 cm³/mol. The summed E-state index contributed by atoms with van der Waals surface area (Å²) in [5, 5.41) is 1.32. The molecule has 0 N–H and O–H groups in total. The first-order chi connectivity index (χ1) is 20.6. The lowest BCUT2D eigenvalue weighted by molar-refractivity contribution is -0.660. The summed E-state index contributed by atoms with van der Waals surface area (Å²) in [5.74, 6) is 0. The summed E-state index contributed by atoms with van der Waals surface area (Å²) in [6.45, 7) is 4.41. The Kier molecular flexibility index (Phi) is 5.73. The highest BCUT2D eigenvalue weighted by atomic mass is 32.1. The SMILES string of the molecule is Cc1cccc(-c2cc(-c3ccc4c5c(sc4c3)-c3ccccc3-c3ccccc3-c3ccccc3-5)cc[n+]2C)c1C. The number of thiophene rings is 1. The fourth-order valence-electron chi connectivity index (χ4n) is 6.58. The van der Waals surface area contributed by atoms with Crippen LogP contribution in [0.15, 0.2) is 128 Å². The molecule has 0 atom stereocenters. The monoisotopic (exact) mass is 556 g/mol. The van der Waals surface area contributed by atoms with E-state index in [0.29, 0.717) is 0 Å². The Labute approximate surface area is 251 Å². The molecule has 0 saturated heterocycles. The van der Waals surface area contributed by atoms with Crippen molar-refractivity contribution in [2.45, 2.75) is 13.8 Å². The summed E-state index contributed by atoms with van der Waals surface area (Å²) >= 11 is 1.92. The molecule has 2 aromatic heterocycles. The van der Waals surface area contributed by atoms with E-state index in [1.807, 2.05) is 11.3 Å². The first-order valence-electron chi connectivity index (χ1n) is 14.5. The third-order valence-electron chi connectivity index (χ3n) is 8.93. The van der Waals surface area contributed by atoms with E-state index in [9.17, 15) is 0 Å². The van der Waals surface area contributed by atoms with Crippen molar-refractivity contribution in [1.82, 2.24) is 0 Å². The average molecular weight is 557 g/mol.